The molecule has 4 aromatic heterocycles. The molecule has 12 nitrogen and oxygen atoms in total. The minimum Gasteiger partial charge on any atom is -0.325 e. The first-order valence-electron chi connectivity index (χ1n) is 16.6. The number of anilines is 1. The number of carbonyl (C=O) groups excluding carboxylic acids is 3. The number of alkyl halides is 2. The summed E-state index contributed by atoms with van der Waals surface area (Å²) in [7, 11) is 0. The Hall–Kier alpha value is -5.18. The number of halogens is 3. The zero-order chi connectivity index (χ0) is 35.7. The second-order valence-electron chi connectivity index (χ2n) is 13.5. The molecular weight excluding hydrogens is 724 g/mol. The number of ketones is 1. The van der Waals surface area contributed by atoms with Crippen molar-refractivity contribution in [3.8, 4) is 11.1 Å². The lowest BCUT2D eigenvalue weighted by atomic mass is 9.98. The number of nitrogens with zero attached hydrogens (tertiary/aromatic N) is 8. The maximum absolute atomic E-state index is 15.6. The van der Waals surface area contributed by atoms with Crippen LogP contribution < -0.4 is 5.32 Å². The number of fused-ring (bicyclic) bond motifs is 5. The first-order chi connectivity index (χ1) is 24.4. The van der Waals surface area contributed by atoms with Crippen LogP contribution in [0.25, 0.3) is 28.1 Å². The molecule has 51 heavy (non-hydrogen) atoms. The van der Waals surface area contributed by atoms with Crippen LogP contribution in [0.4, 0.5) is 14.6 Å². The quantitative estimate of drug-likeness (QED) is 0.175. The number of aryl methyl sites for hydroxylation is 1. The molecule has 4 bridgehead atoms. The van der Waals surface area contributed by atoms with Crippen molar-refractivity contribution in [2.45, 2.75) is 70.6 Å². The minimum absolute atomic E-state index is 0.0787. The van der Waals surface area contributed by atoms with Gasteiger partial charge in [-0.2, -0.15) is 10.2 Å². The highest BCUT2D eigenvalue weighted by Gasteiger charge is 2.67. The van der Waals surface area contributed by atoms with Gasteiger partial charge in [-0.1, -0.05) is 12.1 Å². The standard InChI is InChI=1S/C36H32BrF2N9O3/c1-20(49)32-25-13-22(23-16-40-21(2)41-17-23)6-8-27(25)47(45-32)18-31(50)48-28-14-35(15-29(35)48)19-46-12-10-24(44-46)5-3-4-11-36(38,39)26-7-9-30(37)42-33(26)43-34(28)51/h3,5-10,12-13,16-17,28-29H,4,11,14-15,18-19H2,1-2H3,(H,42,43,51)/b5-3-/t28-,29+,35-/m0/s1. The largest absolute Gasteiger partial charge is 0.325 e. The molecule has 1 aliphatic carbocycles. The minimum atomic E-state index is -3.30. The molecule has 3 atom stereocenters. The highest BCUT2D eigenvalue weighted by atomic mass is 79.9. The number of hydrogen-bond acceptors (Lipinski definition) is 8. The van der Waals surface area contributed by atoms with Crippen molar-refractivity contribution in [3.05, 3.63) is 88.4 Å². The van der Waals surface area contributed by atoms with Crippen molar-refractivity contribution in [2.75, 3.05) is 5.32 Å². The zero-order valence-corrected chi connectivity index (χ0v) is 29.3. The van der Waals surface area contributed by atoms with Gasteiger partial charge in [0.2, 0.25) is 11.8 Å². The van der Waals surface area contributed by atoms with Gasteiger partial charge in [0.1, 0.15) is 34.5 Å². The van der Waals surface area contributed by atoms with Gasteiger partial charge < -0.3 is 10.2 Å². The second kappa shape index (κ2) is 12.2. The molecule has 2 aliphatic heterocycles. The number of pyridine rings is 1. The number of piperidine rings is 1. The summed E-state index contributed by atoms with van der Waals surface area (Å²) in [6.07, 6.45) is 9.13. The number of benzene rings is 1. The number of carbonyl (C=O) groups is 3. The first kappa shape index (κ1) is 33.0. The fraction of sp³-hybridized carbons (Fsp3) is 0.333. The summed E-state index contributed by atoms with van der Waals surface area (Å²) in [6.45, 7) is 3.44. The van der Waals surface area contributed by atoms with E-state index in [1.807, 2.05) is 24.4 Å². The van der Waals surface area contributed by atoms with Crippen LogP contribution in [-0.4, -0.2) is 69.1 Å². The third-order valence-corrected chi connectivity index (χ3v) is 10.5. The summed E-state index contributed by atoms with van der Waals surface area (Å²) >= 11 is 3.25. The van der Waals surface area contributed by atoms with E-state index in [4.69, 9.17) is 0 Å². The number of allylic oxidation sites excluding steroid dienone is 1. The van der Waals surface area contributed by atoms with Crippen LogP contribution >= 0.6 is 15.9 Å². The number of Topliss-reactive ketones (excluding diaryl/α,β-unsaturated/α-hetero) is 1. The molecular formula is C36H32BrF2N9O3. The average molecular weight is 757 g/mol. The van der Waals surface area contributed by atoms with Gasteiger partial charge in [-0.25, -0.2) is 23.7 Å². The van der Waals surface area contributed by atoms with E-state index in [2.05, 4.69) is 46.4 Å². The Morgan fingerprint density at radius 3 is 2.65 bits per heavy atom. The van der Waals surface area contributed by atoms with Gasteiger partial charge >= 0.3 is 0 Å². The molecule has 260 valence electrons. The maximum Gasteiger partial charge on any atom is 0.277 e. The van der Waals surface area contributed by atoms with Crippen LogP contribution in [0.3, 0.4) is 0 Å². The Bertz CT molecular complexity index is 2270. The molecule has 1 N–H and O–H groups in total. The monoisotopic (exact) mass is 755 g/mol. The predicted octanol–water partition coefficient (Wildman–Crippen LogP) is 5.96. The Kier molecular flexibility index (Phi) is 7.92. The van der Waals surface area contributed by atoms with Gasteiger partial charge in [-0.15, -0.1) is 0 Å². The van der Waals surface area contributed by atoms with Crippen LogP contribution in [0.1, 0.15) is 60.2 Å². The van der Waals surface area contributed by atoms with Crippen molar-refractivity contribution in [1.29, 1.82) is 0 Å². The van der Waals surface area contributed by atoms with Crippen LogP contribution in [0.5, 0.6) is 0 Å². The van der Waals surface area contributed by atoms with E-state index < -0.39 is 35.3 Å². The Labute approximate surface area is 299 Å². The third-order valence-electron chi connectivity index (χ3n) is 10.0. The fourth-order valence-corrected chi connectivity index (χ4v) is 7.75. The van der Waals surface area contributed by atoms with Gasteiger partial charge in [0.05, 0.1) is 16.8 Å². The molecule has 6 heterocycles. The second-order valence-corrected chi connectivity index (χ2v) is 14.3. The van der Waals surface area contributed by atoms with Crippen LogP contribution in [-0.2, 0) is 28.6 Å². The van der Waals surface area contributed by atoms with Gasteiger partial charge in [-0.05, 0) is 84.1 Å². The maximum atomic E-state index is 15.6. The SMILES string of the molecule is CC(=O)c1nn(CC(=O)N2[C@H]3C[C@]4(C[C@@H]24)Cn2ccc(n2)/C=C\CCC(F)(F)c2ccc(Br)nc2NC3=O)c2ccc(-c3cnc(C)nc3)cc12. The van der Waals surface area contributed by atoms with Gasteiger partial charge in [0.25, 0.3) is 5.92 Å². The van der Waals surface area contributed by atoms with Crippen LogP contribution in [0.2, 0.25) is 0 Å². The summed E-state index contributed by atoms with van der Waals surface area (Å²) in [5.41, 5.74) is 2.11. The van der Waals surface area contributed by atoms with Crippen molar-refractivity contribution in [3.63, 3.8) is 0 Å². The van der Waals surface area contributed by atoms with E-state index in [0.29, 0.717) is 41.8 Å². The Balaban J connectivity index is 1.15. The third kappa shape index (κ3) is 6.02. The van der Waals surface area contributed by atoms with E-state index in [-0.39, 0.29) is 46.8 Å². The summed E-state index contributed by atoms with van der Waals surface area (Å²) in [6, 6.07) is 8.69. The fourth-order valence-electron chi connectivity index (χ4n) is 7.44. The van der Waals surface area contributed by atoms with Crippen molar-refractivity contribution in [1.82, 2.24) is 39.4 Å². The van der Waals surface area contributed by atoms with Gasteiger partial charge in [0.15, 0.2) is 5.78 Å². The van der Waals surface area contributed by atoms with Crippen molar-refractivity contribution >= 4 is 56.3 Å². The lowest BCUT2D eigenvalue weighted by Crippen LogP contribution is -2.47. The molecule has 1 aromatic carbocycles. The number of aromatic nitrogens is 7. The Morgan fingerprint density at radius 1 is 1.06 bits per heavy atom. The summed E-state index contributed by atoms with van der Waals surface area (Å²) < 4.78 is 34.7. The van der Waals surface area contributed by atoms with Crippen molar-refractivity contribution in [2.24, 2.45) is 5.41 Å². The Morgan fingerprint density at radius 2 is 1.86 bits per heavy atom. The lowest BCUT2D eigenvalue weighted by molar-refractivity contribution is -0.138. The lowest BCUT2D eigenvalue weighted by Gasteiger charge is -2.27. The summed E-state index contributed by atoms with van der Waals surface area (Å²) in [4.78, 5) is 55.5. The normalized spacial score (nSPS) is 23.0. The summed E-state index contributed by atoms with van der Waals surface area (Å²) in [5, 5.41) is 12.4. The molecule has 1 saturated carbocycles. The number of amides is 2. The first-order valence-corrected chi connectivity index (χ1v) is 17.4. The van der Waals surface area contributed by atoms with Gasteiger partial charge in [-0.3, -0.25) is 23.7 Å². The van der Waals surface area contributed by atoms with Crippen LogP contribution in [0, 0.1) is 12.3 Å². The highest BCUT2D eigenvalue weighted by molar-refractivity contribution is 9.10. The highest BCUT2D eigenvalue weighted by Crippen LogP contribution is 2.60. The number of nitrogens with one attached hydrogen (secondary N) is 1. The molecule has 1 saturated heterocycles. The average Bonchev–Trinajstić information content (AvgIpc) is 3.36. The zero-order valence-electron chi connectivity index (χ0n) is 27.7. The van der Waals surface area contributed by atoms with E-state index in [1.165, 1.54) is 23.7 Å². The van der Waals surface area contributed by atoms with Crippen LogP contribution in [0.15, 0.2) is 65.7 Å². The summed E-state index contributed by atoms with van der Waals surface area (Å²) in [5.74, 6) is -4.18. The molecule has 0 unspecified atom stereocenters. The van der Waals surface area contributed by atoms with E-state index in [1.54, 1.807) is 47.1 Å². The molecule has 2 fully saturated rings. The molecule has 5 aromatic rings. The van der Waals surface area contributed by atoms with E-state index in [9.17, 15) is 14.4 Å². The molecule has 15 heteroatoms. The number of hydrogen-bond donors (Lipinski definition) is 1. The molecule has 8 rings (SSSR count). The molecule has 0 radical (unpaired) electrons. The van der Waals surface area contributed by atoms with Crippen molar-refractivity contribution < 1.29 is 23.2 Å². The smallest absolute Gasteiger partial charge is 0.277 e. The molecule has 1 spiro atoms. The topological polar surface area (TPSA) is 141 Å². The number of rotatable bonds is 4. The van der Waals surface area contributed by atoms with E-state index in [0.717, 1.165) is 11.1 Å². The van der Waals surface area contributed by atoms with Gasteiger partial charge in [0, 0.05) is 60.9 Å². The molecule has 2 amide bonds. The van der Waals surface area contributed by atoms with E-state index >= 15 is 8.78 Å². The number of likely N-dealkylation sites (tertiary alicyclic amines) is 1. The molecule has 3 aliphatic rings. The predicted molar refractivity (Wildman–Crippen MR) is 187 cm³/mol.